The third-order valence-corrected chi connectivity index (χ3v) is 22.0. The first-order valence-electron chi connectivity index (χ1n) is 48.1. The van der Waals surface area contributed by atoms with Gasteiger partial charge in [-0.25, -0.2) is 9.13 Å². The molecule has 0 aliphatic rings. The van der Waals surface area contributed by atoms with Gasteiger partial charge in [-0.15, -0.1) is 0 Å². The second-order valence-corrected chi connectivity index (χ2v) is 34.7. The first-order chi connectivity index (χ1) is 59.2. The Morgan fingerprint density at radius 1 is 0.240 bits per heavy atom. The van der Waals surface area contributed by atoms with E-state index in [4.69, 9.17) is 32.3 Å². The molecule has 0 saturated heterocycles. The third kappa shape index (κ3) is 95.2. The van der Waals surface area contributed by atoms with E-state index in [0.717, 1.165) is 128 Å². The molecule has 0 radical (unpaired) electrons. The molecule has 0 saturated carbocycles. The molecule has 0 rings (SSSR count). The van der Waals surface area contributed by atoms with Crippen LogP contribution in [0.25, 0.3) is 0 Å². The number of aliphatic hydroxyl groups excluding tert-OH is 2. The summed E-state index contributed by atoms with van der Waals surface area (Å²) in [4.78, 5) is 59.0. The van der Waals surface area contributed by atoms with Gasteiger partial charge in [0.05, 0.1) is 26.4 Å². The summed E-state index contributed by atoms with van der Waals surface area (Å²) in [5.74, 6) is -1.67. The number of allylic oxidation sites excluding steroid dienone is 30. The highest BCUT2D eigenvalue weighted by Gasteiger charge is 2.29. The number of carbonyl (C=O) groups is 3. The maximum atomic E-state index is 13.0. The standard InChI is InChI=1S/C103H174O16P2/c1-4-7-10-13-16-19-22-25-28-31-34-36-38-40-42-44-46-47-48-49-51-53-54-56-58-60-63-65-68-71-74-77-80-83-86-89-101(106)113-92-98(104)93-115-120(109,110)116-94-99(105)95-117-121(111,112)118-97-100(119-103(108)91-88-85-82-79-76-73-70-67-62-33-30-27-24-21-18-15-12-9-6-3)96-114-102(107)90-87-84-81-78-75-72-69-66-64-61-59-57-55-52-50-45-43-41-39-37-35-32-29-26-23-20-17-14-11-8-5-2/h7,9-10,12,16-21,25-30,34-37,40-43,62,67,73,76,82,85,98-100,104-105H,4-6,8,11,13-15,22-24,31-33,38-39,44-61,63-66,68-72,74-75,77-81,83-84,86-97H2,1-3H3,(H,109,110)(H,111,112)/b10-7-,12-9-,19-16-,20-17-,21-18-,28-25-,29-26-,30-27-,36-34-,37-35-,42-40-,43-41-,67-62-,76-73-,85-82-. The molecule has 0 amide bonds. The van der Waals surface area contributed by atoms with E-state index in [1.807, 2.05) is 18.2 Å². The number of ether oxygens (including phenoxy) is 3. The molecule has 0 aromatic carbocycles. The second-order valence-electron chi connectivity index (χ2n) is 31.8. The first kappa shape index (κ1) is 116. The zero-order valence-electron chi connectivity index (χ0n) is 76.4. The maximum absolute atomic E-state index is 13.0. The van der Waals surface area contributed by atoms with E-state index < -0.39 is 91.5 Å². The number of hydrogen-bond donors (Lipinski definition) is 4. The molecule has 0 bridgehead atoms. The molecule has 0 heterocycles. The summed E-state index contributed by atoms with van der Waals surface area (Å²) < 4.78 is 61.4. The van der Waals surface area contributed by atoms with Crippen LogP contribution in [0.4, 0.5) is 0 Å². The van der Waals surface area contributed by atoms with Gasteiger partial charge in [-0.2, -0.15) is 0 Å². The minimum absolute atomic E-state index is 0.0243. The molecule has 0 fully saturated rings. The molecule has 5 unspecified atom stereocenters. The number of esters is 3. The lowest BCUT2D eigenvalue weighted by atomic mass is 10.0. The molecule has 18 heteroatoms. The SMILES string of the molecule is CC/C=C\C/C=C\C/C=C\C/C=C\C/C=C\C/C=C\CCC(=O)OC(COC(=O)CCCCCCCCCCCCCCCCC/C=C\C/C=C\C/C=C\C/C=C\CCCCC)COP(=O)(O)OCC(O)COP(=O)(O)OCC(O)COC(=O)CCCCCCCCCCCCCCCCCCCCC/C=C\C/C=C\C/C=C\C/C=C\C/C=C\CC. The van der Waals surface area contributed by atoms with Crippen molar-refractivity contribution in [1.29, 1.82) is 0 Å². The summed E-state index contributed by atoms with van der Waals surface area (Å²) in [7, 11) is -9.84. The van der Waals surface area contributed by atoms with Crippen molar-refractivity contribution < 1.29 is 75.8 Å². The number of phosphoric acid groups is 2. The Kier molecular flexibility index (Phi) is 89.6. The number of phosphoric ester groups is 2. The lowest BCUT2D eigenvalue weighted by Crippen LogP contribution is -2.29. The Hall–Kier alpha value is -5.35. The number of unbranched alkanes of at least 4 members (excludes halogenated alkanes) is 37. The highest BCUT2D eigenvalue weighted by atomic mass is 31.2. The van der Waals surface area contributed by atoms with Crippen molar-refractivity contribution in [2.45, 2.75) is 411 Å². The van der Waals surface area contributed by atoms with Crippen LogP contribution in [0.3, 0.4) is 0 Å². The van der Waals surface area contributed by atoms with Gasteiger partial charge in [0.1, 0.15) is 25.4 Å². The first-order valence-corrected chi connectivity index (χ1v) is 51.1. The quantitative estimate of drug-likeness (QED) is 0.0146. The van der Waals surface area contributed by atoms with Gasteiger partial charge in [0, 0.05) is 19.3 Å². The van der Waals surface area contributed by atoms with Crippen molar-refractivity contribution in [2.75, 3.05) is 39.6 Å². The molecular formula is C103H174O16P2. The van der Waals surface area contributed by atoms with E-state index in [1.165, 1.54) is 199 Å². The molecule has 0 spiro atoms. The molecule has 16 nitrogen and oxygen atoms in total. The smallest absolute Gasteiger partial charge is 0.463 e. The molecule has 4 N–H and O–H groups in total. The van der Waals surface area contributed by atoms with E-state index in [-0.39, 0.29) is 19.3 Å². The molecule has 0 aliphatic carbocycles. The fourth-order valence-corrected chi connectivity index (χ4v) is 14.5. The molecule has 121 heavy (non-hydrogen) atoms. The third-order valence-electron chi connectivity index (χ3n) is 20.1. The van der Waals surface area contributed by atoms with Crippen molar-refractivity contribution in [2.24, 2.45) is 0 Å². The van der Waals surface area contributed by atoms with Gasteiger partial charge < -0.3 is 34.2 Å². The Labute approximate surface area is 738 Å². The predicted molar refractivity (Wildman–Crippen MR) is 509 cm³/mol. The van der Waals surface area contributed by atoms with Gasteiger partial charge in [0.25, 0.3) is 0 Å². The summed E-state index contributed by atoms with van der Waals surface area (Å²) in [5.41, 5.74) is 0. The molecule has 0 aromatic heterocycles. The average Bonchev–Trinajstić information content (AvgIpc) is 0.968. The van der Waals surface area contributed by atoms with Crippen LogP contribution in [-0.2, 0) is 55.8 Å². The van der Waals surface area contributed by atoms with E-state index in [9.17, 15) is 43.5 Å². The Morgan fingerprint density at radius 2 is 0.455 bits per heavy atom. The highest BCUT2D eigenvalue weighted by Crippen LogP contribution is 2.45. The van der Waals surface area contributed by atoms with Gasteiger partial charge >= 0.3 is 33.6 Å². The van der Waals surface area contributed by atoms with Crippen LogP contribution in [0.1, 0.15) is 393 Å². The molecule has 0 aromatic rings. The van der Waals surface area contributed by atoms with Crippen LogP contribution < -0.4 is 0 Å². The van der Waals surface area contributed by atoms with Gasteiger partial charge in [-0.05, 0) is 148 Å². The summed E-state index contributed by atoms with van der Waals surface area (Å²) in [5, 5.41) is 20.7. The molecule has 5 atom stereocenters. The van der Waals surface area contributed by atoms with Crippen molar-refractivity contribution in [3.8, 4) is 0 Å². The zero-order chi connectivity index (χ0) is 87.9. The Balaban J connectivity index is 4.53. The largest absolute Gasteiger partial charge is 0.472 e. The van der Waals surface area contributed by atoms with E-state index in [2.05, 4.69) is 185 Å². The molecule has 0 aliphatic heterocycles. The molecule has 692 valence electrons. The molecular weight excluding hydrogens is 1560 g/mol. The number of aliphatic hydroxyl groups is 2. The van der Waals surface area contributed by atoms with Gasteiger partial charge in [0.2, 0.25) is 0 Å². The van der Waals surface area contributed by atoms with E-state index >= 15 is 0 Å². The van der Waals surface area contributed by atoms with Crippen molar-refractivity contribution in [1.82, 2.24) is 0 Å². The number of rotatable bonds is 90. The Morgan fingerprint density at radius 3 is 0.727 bits per heavy atom. The minimum Gasteiger partial charge on any atom is -0.463 e. The van der Waals surface area contributed by atoms with Crippen LogP contribution in [0.2, 0.25) is 0 Å². The summed E-state index contributed by atoms with van der Waals surface area (Å²) in [6.07, 6.45) is 124. The fraction of sp³-hybridized carbons (Fsp3) is 0.680. The van der Waals surface area contributed by atoms with E-state index in [1.54, 1.807) is 0 Å². The minimum atomic E-state index is -4.96. The normalized spacial score (nSPS) is 14.5. The maximum Gasteiger partial charge on any atom is 0.472 e. The van der Waals surface area contributed by atoms with Crippen molar-refractivity contribution in [3.05, 3.63) is 182 Å². The lowest BCUT2D eigenvalue weighted by molar-refractivity contribution is -0.161. The topological polar surface area (TPSA) is 231 Å². The van der Waals surface area contributed by atoms with Gasteiger partial charge in [0.15, 0.2) is 6.10 Å². The summed E-state index contributed by atoms with van der Waals surface area (Å²) >= 11 is 0. The zero-order valence-corrected chi connectivity index (χ0v) is 78.2. The van der Waals surface area contributed by atoms with Gasteiger partial charge in [-0.3, -0.25) is 32.5 Å². The van der Waals surface area contributed by atoms with Crippen molar-refractivity contribution >= 4 is 33.6 Å². The number of hydrogen-bond acceptors (Lipinski definition) is 14. The van der Waals surface area contributed by atoms with Gasteiger partial charge in [-0.1, -0.05) is 409 Å². The summed E-state index contributed by atoms with van der Waals surface area (Å²) in [6.45, 7) is 2.38. The van der Waals surface area contributed by atoms with Crippen LogP contribution in [0, 0.1) is 0 Å². The van der Waals surface area contributed by atoms with Crippen LogP contribution in [0.15, 0.2) is 182 Å². The average molecular weight is 1730 g/mol. The van der Waals surface area contributed by atoms with E-state index in [0.29, 0.717) is 25.7 Å². The van der Waals surface area contributed by atoms with Crippen LogP contribution in [0.5, 0.6) is 0 Å². The Bertz CT molecular complexity index is 2930. The second kappa shape index (κ2) is 93.8. The van der Waals surface area contributed by atoms with Crippen LogP contribution >= 0.6 is 15.6 Å². The number of carbonyl (C=O) groups excluding carboxylic acids is 3. The monoisotopic (exact) mass is 1730 g/mol. The highest BCUT2D eigenvalue weighted by molar-refractivity contribution is 7.47. The fourth-order valence-electron chi connectivity index (χ4n) is 12.9. The lowest BCUT2D eigenvalue weighted by Gasteiger charge is -2.21. The summed E-state index contributed by atoms with van der Waals surface area (Å²) in [6, 6.07) is 0. The predicted octanol–water partition coefficient (Wildman–Crippen LogP) is 30.0. The van der Waals surface area contributed by atoms with Crippen LogP contribution in [-0.4, -0.2) is 95.9 Å². The van der Waals surface area contributed by atoms with Crippen molar-refractivity contribution in [3.63, 3.8) is 0 Å².